The minimum Gasteiger partial charge on any atom is -0.393 e. The summed E-state index contributed by atoms with van der Waals surface area (Å²) in [5.74, 6) is -0.513. The molecular formula is C22H24FN3O4. The maximum Gasteiger partial charge on any atom is 0.293 e. The lowest BCUT2D eigenvalue weighted by atomic mass is 10.0. The van der Waals surface area contributed by atoms with Gasteiger partial charge in [0.25, 0.3) is 17.6 Å². The highest BCUT2D eigenvalue weighted by molar-refractivity contribution is 6.43. The summed E-state index contributed by atoms with van der Waals surface area (Å²) < 4.78 is 15.0. The van der Waals surface area contributed by atoms with Crippen molar-refractivity contribution >= 4 is 23.3 Å². The summed E-state index contributed by atoms with van der Waals surface area (Å²) in [5, 5.41) is 14.4. The Labute approximate surface area is 174 Å². The Morgan fingerprint density at radius 2 is 1.90 bits per heavy atom. The molecule has 2 amide bonds. The van der Waals surface area contributed by atoms with Gasteiger partial charge in [-0.3, -0.25) is 14.4 Å². The van der Waals surface area contributed by atoms with E-state index in [9.17, 15) is 23.9 Å². The smallest absolute Gasteiger partial charge is 0.293 e. The number of carbonyl (C=O) groups excluding carboxylic acids is 3. The molecule has 2 rings (SSSR count). The van der Waals surface area contributed by atoms with Crippen LogP contribution in [0.5, 0.6) is 0 Å². The van der Waals surface area contributed by atoms with Crippen LogP contribution in [-0.4, -0.2) is 39.4 Å². The number of terminal acetylenes is 1. The van der Waals surface area contributed by atoms with E-state index in [0.717, 1.165) is 0 Å². The van der Waals surface area contributed by atoms with Crippen molar-refractivity contribution < 1.29 is 23.9 Å². The van der Waals surface area contributed by atoms with Crippen LogP contribution in [0.2, 0.25) is 0 Å². The van der Waals surface area contributed by atoms with Crippen LogP contribution in [0.4, 0.5) is 10.1 Å². The van der Waals surface area contributed by atoms with Crippen molar-refractivity contribution in [2.45, 2.75) is 33.2 Å². The molecule has 1 aromatic carbocycles. The summed E-state index contributed by atoms with van der Waals surface area (Å²) in [5.41, 5.74) is 0.387. The monoisotopic (exact) mass is 413 g/mol. The number of nitrogens with one attached hydrogen (secondary N) is 2. The van der Waals surface area contributed by atoms with Crippen LogP contribution in [0.1, 0.15) is 44.6 Å². The number of Topliss-reactive ketones (excluding diaryl/α,β-unsaturated/α-hetero) is 1. The van der Waals surface area contributed by atoms with E-state index in [2.05, 4.69) is 16.6 Å². The van der Waals surface area contributed by atoms with Crippen LogP contribution < -0.4 is 10.6 Å². The van der Waals surface area contributed by atoms with Gasteiger partial charge in [-0.15, -0.1) is 6.42 Å². The third-order valence-corrected chi connectivity index (χ3v) is 5.02. The van der Waals surface area contributed by atoms with Crippen molar-refractivity contribution in [3.8, 4) is 12.3 Å². The molecule has 2 aromatic rings. The highest BCUT2D eigenvalue weighted by Crippen LogP contribution is 2.24. The van der Waals surface area contributed by atoms with Crippen molar-refractivity contribution in [2.24, 2.45) is 7.05 Å². The number of amides is 2. The maximum atomic E-state index is 13.5. The van der Waals surface area contributed by atoms with Crippen LogP contribution in [0.15, 0.2) is 18.2 Å². The number of ketones is 1. The molecule has 8 heteroatoms. The Balaban J connectivity index is 2.37. The fourth-order valence-corrected chi connectivity index (χ4v) is 3.09. The molecule has 0 fully saturated rings. The molecule has 1 heterocycles. The number of halogens is 1. The van der Waals surface area contributed by atoms with Crippen molar-refractivity contribution in [1.29, 1.82) is 0 Å². The topological polar surface area (TPSA) is 100 Å². The van der Waals surface area contributed by atoms with Crippen molar-refractivity contribution in [1.82, 2.24) is 9.88 Å². The molecule has 0 aliphatic rings. The molecule has 7 nitrogen and oxygen atoms in total. The number of nitrogens with zero attached hydrogens (tertiary/aromatic N) is 1. The van der Waals surface area contributed by atoms with Gasteiger partial charge in [0.05, 0.1) is 12.2 Å². The maximum absolute atomic E-state index is 13.5. The normalized spacial score (nSPS) is 12.6. The summed E-state index contributed by atoms with van der Waals surface area (Å²) in [4.78, 5) is 38.0. The lowest BCUT2D eigenvalue weighted by Crippen LogP contribution is -2.50. The van der Waals surface area contributed by atoms with Gasteiger partial charge in [-0.05, 0) is 57.0 Å². The number of aliphatic hydroxyl groups is 1. The first-order chi connectivity index (χ1) is 14.0. The van der Waals surface area contributed by atoms with E-state index in [1.807, 2.05) is 0 Å². The Bertz CT molecular complexity index is 1080. The molecule has 0 saturated heterocycles. The SMILES string of the molecule is C#C[C@](C)(CO)NC(=O)C(=O)c1c(C)c(C(=O)Nc2ccc(F)c(C)c2)n(C)c1C. The second kappa shape index (κ2) is 8.51. The molecule has 1 atom stereocenters. The summed E-state index contributed by atoms with van der Waals surface area (Å²) in [6.45, 7) is 5.62. The number of rotatable bonds is 6. The van der Waals surface area contributed by atoms with Gasteiger partial charge in [-0.2, -0.15) is 0 Å². The van der Waals surface area contributed by atoms with E-state index >= 15 is 0 Å². The number of aliphatic hydroxyl groups excluding tert-OH is 1. The quantitative estimate of drug-likeness (QED) is 0.383. The molecule has 1 aromatic heterocycles. The second-order valence-corrected chi connectivity index (χ2v) is 7.33. The molecular weight excluding hydrogens is 389 g/mol. The predicted molar refractivity (Wildman–Crippen MR) is 111 cm³/mol. The van der Waals surface area contributed by atoms with Crippen LogP contribution in [0.25, 0.3) is 0 Å². The zero-order valence-electron chi connectivity index (χ0n) is 17.5. The minimum absolute atomic E-state index is 0.0766. The molecule has 3 N–H and O–H groups in total. The summed E-state index contributed by atoms with van der Waals surface area (Å²) in [6, 6.07) is 4.17. The molecule has 0 radical (unpaired) electrons. The van der Waals surface area contributed by atoms with Gasteiger partial charge in [0, 0.05) is 18.4 Å². The third kappa shape index (κ3) is 4.26. The summed E-state index contributed by atoms with van der Waals surface area (Å²) in [6.07, 6.45) is 5.31. The molecule has 0 saturated carbocycles. The summed E-state index contributed by atoms with van der Waals surface area (Å²) in [7, 11) is 1.60. The highest BCUT2D eigenvalue weighted by atomic mass is 19.1. The molecule has 30 heavy (non-hydrogen) atoms. The van der Waals surface area contributed by atoms with Gasteiger partial charge in [0.1, 0.15) is 17.1 Å². The van der Waals surface area contributed by atoms with Gasteiger partial charge in [-0.25, -0.2) is 4.39 Å². The number of benzene rings is 1. The van der Waals surface area contributed by atoms with Gasteiger partial charge in [0.15, 0.2) is 0 Å². The molecule has 0 spiro atoms. The first-order valence-electron chi connectivity index (χ1n) is 9.14. The Kier molecular flexibility index (Phi) is 6.48. The first-order valence-corrected chi connectivity index (χ1v) is 9.14. The van der Waals surface area contributed by atoms with E-state index in [1.54, 1.807) is 27.8 Å². The van der Waals surface area contributed by atoms with Crippen molar-refractivity contribution in [3.05, 3.63) is 52.1 Å². The van der Waals surface area contributed by atoms with E-state index in [4.69, 9.17) is 6.42 Å². The minimum atomic E-state index is -1.38. The van der Waals surface area contributed by atoms with Gasteiger partial charge in [-0.1, -0.05) is 5.92 Å². The number of hydrogen-bond acceptors (Lipinski definition) is 4. The fraction of sp³-hybridized carbons (Fsp3) is 0.318. The number of anilines is 1. The highest BCUT2D eigenvalue weighted by Gasteiger charge is 2.32. The van der Waals surface area contributed by atoms with Crippen LogP contribution in [0, 0.1) is 38.9 Å². The van der Waals surface area contributed by atoms with Crippen LogP contribution >= 0.6 is 0 Å². The lowest BCUT2D eigenvalue weighted by molar-refractivity contribution is -0.118. The molecule has 0 aliphatic heterocycles. The molecule has 0 bridgehead atoms. The van der Waals surface area contributed by atoms with Crippen molar-refractivity contribution in [3.63, 3.8) is 0 Å². The van der Waals surface area contributed by atoms with E-state index in [0.29, 0.717) is 22.5 Å². The molecule has 0 unspecified atom stereocenters. The second-order valence-electron chi connectivity index (χ2n) is 7.33. The Morgan fingerprint density at radius 3 is 2.43 bits per heavy atom. The zero-order chi connectivity index (χ0) is 22.8. The van der Waals surface area contributed by atoms with E-state index in [-0.39, 0.29) is 17.1 Å². The van der Waals surface area contributed by atoms with Gasteiger partial charge < -0.3 is 20.3 Å². The van der Waals surface area contributed by atoms with Crippen LogP contribution in [0.3, 0.4) is 0 Å². The Morgan fingerprint density at radius 1 is 1.27 bits per heavy atom. The van der Waals surface area contributed by atoms with E-state index < -0.39 is 29.7 Å². The van der Waals surface area contributed by atoms with Gasteiger partial charge >= 0.3 is 0 Å². The van der Waals surface area contributed by atoms with Crippen LogP contribution in [-0.2, 0) is 11.8 Å². The van der Waals surface area contributed by atoms with E-state index in [1.165, 1.54) is 29.7 Å². The summed E-state index contributed by atoms with van der Waals surface area (Å²) >= 11 is 0. The fourth-order valence-electron chi connectivity index (χ4n) is 3.09. The molecule has 0 aliphatic carbocycles. The average Bonchev–Trinajstić information content (AvgIpc) is 2.92. The third-order valence-electron chi connectivity index (χ3n) is 5.02. The average molecular weight is 413 g/mol. The number of aromatic nitrogens is 1. The lowest BCUT2D eigenvalue weighted by Gasteiger charge is -2.21. The standard InChI is InChI=1S/C22H24FN3O4/c1-7-22(5,11-27)25-21(30)19(28)17-13(3)18(26(6)14(17)4)20(29)24-15-8-9-16(23)12(2)10-15/h1,8-10,27H,11H2,2-6H3,(H,24,29)(H,25,30)/t22-/m1/s1. The zero-order valence-corrected chi connectivity index (χ0v) is 17.5. The number of carbonyl (C=O) groups is 3. The van der Waals surface area contributed by atoms with Gasteiger partial charge in [0.2, 0.25) is 0 Å². The van der Waals surface area contributed by atoms with Crippen molar-refractivity contribution in [2.75, 3.05) is 11.9 Å². The molecule has 158 valence electrons. The predicted octanol–water partition coefficient (Wildman–Crippen LogP) is 2.02. The number of hydrogen-bond donors (Lipinski definition) is 3. The largest absolute Gasteiger partial charge is 0.393 e. The Hall–Kier alpha value is -3.44. The number of aryl methyl sites for hydroxylation is 1. The first kappa shape index (κ1) is 22.8.